The summed E-state index contributed by atoms with van der Waals surface area (Å²) >= 11 is 0. The monoisotopic (exact) mass is 428 g/mol. The van der Waals surface area contributed by atoms with Gasteiger partial charge in [0.25, 0.3) is 0 Å². The van der Waals surface area contributed by atoms with Gasteiger partial charge >= 0.3 is 0 Å². The van der Waals surface area contributed by atoms with Gasteiger partial charge in [0, 0.05) is 43.3 Å². The second-order valence-electron chi connectivity index (χ2n) is 7.65. The molecule has 6 heterocycles. The molecule has 1 fully saturated rings. The molecule has 1 aliphatic rings. The van der Waals surface area contributed by atoms with Gasteiger partial charge in [0.2, 0.25) is 11.7 Å². The van der Waals surface area contributed by atoms with Gasteiger partial charge < -0.3 is 19.4 Å². The van der Waals surface area contributed by atoms with Crippen molar-refractivity contribution in [2.24, 2.45) is 0 Å². The van der Waals surface area contributed by atoms with Crippen molar-refractivity contribution < 1.29 is 9.15 Å². The van der Waals surface area contributed by atoms with Crippen molar-refractivity contribution >= 4 is 39.8 Å². The summed E-state index contributed by atoms with van der Waals surface area (Å²) in [6, 6.07) is 7.77. The maximum absolute atomic E-state index is 6.04. The van der Waals surface area contributed by atoms with Crippen LogP contribution in [0.4, 0.5) is 17.6 Å². The number of rotatable bonds is 4. The Labute approximate surface area is 182 Å². The molecule has 2 N–H and O–H groups in total. The average molecular weight is 428 g/mol. The number of anilines is 3. The Hall–Kier alpha value is -4.05. The zero-order valence-electron chi connectivity index (χ0n) is 17.4. The van der Waals surface area contributed by atoms with Crippen molar-refractivity contribution in [3.63, 3.8) is 0 Å². The maximum Gasteiger partial charge on any atom is 0.231 e. The van der Waals surface area contributed by atoms with Gasteiger partial charge in [-0.2, -0.15) is 10.1 Å². The number of aryl methyl sites for hydroxylation is 1. The van der Waals surface area contributed by atoms with E-state index in [1.165, 1.54) is 0 Å². The Balaban J connectivity index is 1.41. The molecule has 10 nitrogen and oxygen atoms in total. The third-order valence-corrected chi connectivity index (χ3v) is 5.38. The summed E-state index contributed by atoms with van der Waals surface area (Å²) in [4.78, 5) is 20.3. The second kappa shape index (κ2) is 7.57. The summed E-state index contributed by atoms with van der Waals surface area (Å²) in [7, 11) is 0. The minimum atomic E-state index is 0.447. The largest absolute Gasteiger partial charge is 0.432 e. The van der Waals surface area contributed by atoms with E-state index in [2.05, 4.69) is 30.4 Å². The molecular formula is C22H20N8O2. The number of nitrogens with zero attached hydrogens (tertiary/aromatic N) is 6. The van der Waals surface area contributed by atoms with Gasteiger partial charge in [-0.3, -0.25) is 10.1 Å². The standard InChI is InChI=1S/C22H20N8O2/c1-13-9-14(12-23-11-13)16-10-17(29-28-16)25-22-26-18-15-3-2-4-24-21(15)32-19(18)20(27-22)30-5-7-31-8-6-30/h2-4,9-12H,5-8H2,1H3,(H2,25,26,27,28,29). The van der Waals surface area contributed by atoms with Crippen LogP contribution in [-0.2, 0) is 4.74 Å². The lowest BCUT2D eigenvalue weighted by Crippen LogP contribution is -2.37. The maximum atomic E-state index is 6.04. The van der Waals surface area contributed by atoms with Crippen molar-refractivity contribution in [2.45, 2.75) is 6.92 Å². The van der Waals surface area contributed by atoms with Crippen LogP contribution in [0.15, 0.2) is 47.3 Å². The number of hydrogen-bond acceptors (Lipinski definition) is 9. The molecule has 0 aromatic carbocycles. The highest BCUT2D eigenvalue weighted by atomic mass is 16.5. The van der Waals surface area contributed by atoms with Gasteiger partial charge in [-0.05, 0) is 30.7 Å². The molecule has 32 heavy (non-hydrogen) atoms. The quantitative estimate of drug-likeness (QED) is 0.444. The molecule has 1 saturated heterocycles. The first-order valence-corrected chi connectivity index (χ1v) is 10.4. The highest BCUT2D eigenvalue weighted by Gasteiger charge is 2.22. The van der Waals surface area contributed by atoms with Crippen LogP contribution >= 0.6 is 0 Å². The van der Waals surface area contributed by atoms with E-state index >= 15 is 0 Å². The second-order valence-corrected chi connectivity index (χ2v) is 7.65. The molecule has 0 unspecified atom stereocenters. The van der Waals surface area contributed by atoms with Crippen LogP contribution in [0, 0.1) is 6.92 Å². The van der Waals surface area contributed by atoms with Crippen LogP contribution in [0.5, 0.6) is 0 Å². The number of furan rings is 1. The van der Waals surface area contributed by atoms with Crippen molar-refractivity contribution in [3.8, 4) is 11.3 Å². The lowest BCUT2D eigenvalue weighted by molar-refractivity contribution is 0.122. The minimum absolute atomic E-state index is 0.447. The lowest BCUT2D eigenvalue weighted by Gasteiger charge is -2.27. The molecule has 160 valence electrons. The van der Waals surface area contributed by atoms with E-state index in [9.17, 15) is 0 Å². The molecule has 0 amide bonds. The van der Waals surface area contributed by atoms with Gasteiger partial charge in [0.15, 0.2) is 11.4 Å². The fourth-order valence-corrected chi connectivity index (χ4v) is 3.86. The van der Waals surface area contributed by atoms with Crippen LogP contribution < -0.4 is 10.2 Å². The first kappa shape index (κ1) is 18.7. The molecular weight excluding hydrogens is 408 g/mol. The van der Waals surface area contributed by atoms with Crippen molar-refractivity contribution in [1.82, 2.24) is 30.1 Å². The highest BCUT2D eigenvalue weighted by molar-refractivity contribution is 6.05. The lowest BCUT2D eigenvalue weighted by atomic mass is 10.2. The fourth-order valence-electron chi connectivity index (χ4n) is 3.86. The number of pyridine rings is 2. The molecule has 10 heteroatoms. The van der Waals surface area contributed by atoms with Crippen LogP contribution in [0.1, 0.15) is 5.56 Å². The summed E-state index contributed by atoms with van der Waals surface area (Å²) in [6.45, 7) is 4.74. The highest BCUT2D eigenvalue weighted by Crippen LogP contribution is 2.34. The zero-order chi connectivity index (χ0) is 21.5. The minimum Gasteiger partial charge on any atom is -0.432 e. The van der Waals surface area contributed by atoms with Gasteiger partial charge in [-0.15, -0.1) is 0 Å². The van der Waals surface area contributed by atoms with Crippen LogP contribution in [0.2, 0.25) is 0 Å². The van der Waals surface area contributed by atoms with E-state index in [-0.39, 0.29) is 0 Å². The SMILES string of the molecule is Cc1cncc(-c2cc(Nc3nc(N4CCOCC4)c4oc5ncccc5c4n3)[nH]n2)c1. The molecule has 0 bridgehead atoms. The normalized spacial score (nSPS) is 14.3. The van der Waals surface area contributed by atoms with E-state index in [4.69, 9.17) is 19.1 Å². The Bertz CT molecular complexity index is 1420. The Kier molecular flexibility index (Phi) is 4.43. The number of fused-ring (bicyclic) bond motifs is 3. The first-order chi connectivity index (χ1) is 15.7. The van der Waals surface area contributed by atoms with Crippen molar-refractivity contribution in [2.75, 3.05) is 36.5 Å². The van der Waals surface area contributed by atoms with E-state index in [1.807, 2.05) is 37.4 Å². The van der Waals surface area contributed by atoms with Crippen molar-refractivity contribution in [3.05, 3.63) is 48.4 Å². The molecule has 0 aliphatic carbocycles. The first-order valence-electron chi connectivity index (χ1n) is 10.4. The molecule has 0 radical (unpaired) electrons. The van der Waals surface area contributed by atoms with Gasteiger partial charge in [0.1, 0.15) is 11.3 Å². The van der Waals surface area contributed by atoms with E-state index in [0.29, 0.717) is 36.3 Å². The zero-order valence-corrected chi connectivity index (χ0v) is 17.4. The van der Waals surface area contributed by atoms with Gasteiger partial charge in [-0.1, -0.05) is 0 Å². The molecule has 5 aromatic heterocycles. The fraction of sp³-hybridized carbons (Fsp3) is 0.227. The summed E-state index contributed by atoms with van der Waals surface area (Å²) in [5, 5.41) is 11.5. The predicted molar refractivity (Wildman–Crippen MR) is 120 cm³/mol. The third-order valence-electron chi connectivity index (χ3n) is 5.38. The summed E-state index contributed by atoms with van der Waals surface area (Å²) in [5.74, 6) is 1.85. The smallest absolute Gasteiger partial charge is 0.231 e. The average Bonchev–Trinajstić information content (AvgIpc) is 3.44. The third kappa shape index (κ3) is 3.30. The number of aromatic nitrogens is 6. The number of H-pyrrole nitrogens is 1. The topological polar surface area (TPSA) is 118 Å². The number of morpholine rings is 1. The van der Waals surface area contributed by atoms with Crippen LogP contribution in [0.25, 0.3) is 33.5 Å². The predicted octanol–water partition coefficient (Wildman–Crippen LogP) is 3.44. The Morgan fingerprint density at radius 2 is 2.03 bits per heavy atom. The van der Waals surface area contributed by atoms with Gasteiger partial charge in [-0.25, -0.2) is 9.97 Å². The summed E-state index contributed by atoms with van der Waals surface area (Å²) in [6.07, 6.45) is 5.31. The Morgan fingerprint density at radius 1 is 1.12 bits per heavy atom. The summed E-state index contributed by atoms with van der Waals surface area (Å²) in [5.41, 5.74) is 4.68. The molecule has 0 saturated carbocycles. The molecule has 0 spiro atoms. The van der Waals surface area contributed by atoms with E-state index in [0.717, 1.165) is 46.6 Å². The molecule has 1 aliphatic heterocycles. The van der Waals surface area contributed by atoms with Crippen LogP contribution in [-0.4, -0.2) is 56.4 Å². The molecule has 0 atom stereocenters. The molecule has 5 aromatic rings. The number of ether oxygens (including phenoxy) is 1. The Morgan fingerprint density at radius 3 is 2.91 bits per heavy atom. The molecule has 6 rings (SSSR count). The number of nitrogens with one attached hydrogen (secondary N) is 2. The van der Waals surface area contributed by atoms with Crippen molar-refractivity contribution in [1.29, 1.82) is 0 Å². The van der Waals surface area contributed by atoms with Gasteiger partial charge in [0.05, 0.1) is 24.3 Å². The number of hydrogen-bond donors (Lipinski definition) is 2. The van der Waals surface area contributed by atoms with Crippen LogP contribution in [0.3, 0.4) is 0 Å². The summed E-state index contributed by atoms with van der Waals surface area (Å²) < 4.78 is 11.6. The number of aromatic amines is 1. The van der Waals surface area contributed by atoms with E-state index < -0.39 is 0 Å². The van der Waals surface area contributed by atoms with E-state index in [1.54, 1.807) is 12.4 Å².